The number of carbonyl (C=O) groups excluding carboxylic acids is 1. The van der Waals surface area contributed by atoms with Crippen molar-refractivity contribution < 1.29 is 19.4 Å². The molecular weight excluding hydrogens is 282 g/mol. The van der Waals surface area contributed by atoms with Crippen LogP contribution in [0, 0.1) is 11.8 Å². The average molecular weight is 299 g/mol. The Labute approximate surface area is 128 Å². The summed E-state index contributed by atoms with van der Waals surface area (Å²) in [5.74, 6) is -2.36. The lowest BCUT2D eigenvalue weighted by Crippen LogP contribution is -2.39. The van der Waals surface area contributed by atoms with E-state index in [0.29, 0.717) is 13.1 Å². The molecule has 0 aliphatic carbocycles. The molecule has 114 valence electrons. The number of hydrogen-bond donors (Lipinski definition) is 1. The number of fused-ring (bicyclic) bond motifs is 1. The maximum Gasteiger partial charge on any atom is 0.310 e. The van der Waals surface area contributed by atoms with Crippen LogP contribution in [0.15, 0.2) is 42.5 Å². The van der Waals surface area contributed by atoms with Gasteiger partial charge in [0.1, 0.15) is 11.5 Å². The first-order valence-electron chi connectivity index (χ1n) is 7.53. The van der Waals surface area contributed by atoms with E-state index in [0.717, 1.165) is 6.42 Å². The number of nitrogens with zero attached hydrogens (tertiary/aromatic N) is 1. The van der Waals surface area contributed by atoms with Crippen molar-refractivity contribution in [2.75, 3.05) is 13.1 Å². The van der Waals surface area contributed by atoms with E-state index in [2.05, 4.69) is 0 Å². The van der Waals surface area contributed by atoms with Crippen LogP contribution in [0.25, 0.3) is 0 Å². The first kappa shape index (κ1) is 13.5. The molecule has 1 aromatic carbocycles. The number of amides is 1. The van der Waals surface area contributed by atoms with Crippen LogP contribution < -0.4 is 0 Å². The highest BCUT2D eigenvalue weighted by atomic mass is 16.5. The van der Waals surface area contributed by atoms with Crippen molar-refractivity contribution in [3.05, 3.63) is 48.0 Å². The van der Waals surface area contributed by atoms with Crippen LogP contribution in [0.5, 0.6) is 0 Å². The van der Waals surface area contributed by atoms with Crippen molar-refractivity contribution in [3.63, 3.8) is 0 Å². The predicted molar refractivity (Wildman–Crippen MR) is 78.1 cm³/mol. The highest BCUT2D eigenvalue weighted by Crippen LogP contribution is 2.51. The molecule has 0 radical (unpaired) electrons. The van der Waals surface area contributed by atoms with Crippen molar-refractivity contribution in [3.8, 4) is 0 Å². The monoisotopic (exact) mass is 299 g/mol. The van der Waals surface area contributed by atoms with Crippen LogP contribution in [0.2, 0.25) is 0 Å². The van der Waals surface area contributed by atoms with Gasteiger partial charge in [-0.2, -0.15) is 0 Å². The Bertz CT molecular complexity index is 656. The summed E-state index contributed by atoms with van der Waals surface area (Å²) >= 11 is 0. The van der Waals surface area contributed by atoms with Crippen molar-refractivity contribution in [1.29, 1.82) is 0 Å². The second kappa shape index (κ2) is 4.68. The summed E-state index contributed by atoms with van der Waals surface area (Å²) in [5, 5.41) is 9.41. The predicted octanol–water partition coefficient (Wildman–Crippen LogP) is 1.10. The topological polar surface area (TPSA) is 66.8 Å². The molecular formula is C17H17NO4. The zero-order chi connectivity index (χ0) is 15.3. The SMILES string of the molecule is O=C(O)[C@@H]1[C@@H]2C=C[C@]3(CN(CCc4ccccc4)C(=O)[C@H]13)O2. The fraction of sp³-hybridized carbons (Fsp3) is 0.412. The van der Waals surface area contributed by atoms with Gasteiger partial charge in [0.2, 0.25) is 5.91 Å². The lowest BCUT2D eigenvalue weighted by molar-refractivity contribution is -0.148. The summed E-state index contributed by atoms with van der Waals surface area (Å²) in [6.07, 6.45) is 3.99. The molecule has 1 N–H and O–H groups in total. The van der Waals surface area contributed by atoms with Crippen LogP contribution in [0.4, 0.5) is 0 Å². The number of hydrogen-bond acceptors (Lipinski definition) is 3. The van der Waals surface area contributed by atoms with Crippen molar-refractivity contribution in [2.24, 2.45) is 11.8 Å². The Morgan fingerprint density at radius 1 is 1.36 bits per heavy atom. The standard InChI is InChI=1S/C17H17NO4/c19-15-14-13(16(20)21)12-6-8-17(14,22-12)10-18(15)9-7-11-4-2-1-3-5-11/h1-6,8,12-14H,7,9-10H2,(H,20,21)/t12-,13+,14-,17+/m0/s1. The fourth-order valence-electron chi connectivity index (χ4n) is 3.96. The first-order valence-corrected chi connectivity index (χ1v) is 7.53. The van der Waals surface area contributed by atoms with Gasteiger partial charge in [0.25, 0.3) is 0 Å². The maximum absolute atomic E-state index is 12.7. The fourth-order valence-corrected chi connectivity index (χ4v) is 3.96. The highest BCUT2D eigenvalue weighted by molar-refractivity contribution is 5.90. The zero-order valence-electron chi connectivity index (χ0n) is 12.0. The Balaban J connectivity index is 1.53. The molecule has 2 bridgehead atoms. The van der Waals surface area contributed by atoms with Gasteiger partial charge in [-0.1, -0.05) is 42.5 Å². The normalized spacial score (nSPS) is 35.2. The molecule has 1 spiro atoms. The largest absolute Gasteiger partial charge is 0.481 e. The molecule has 2 saturated heterocycles. The molecule has 22 heavy (non-hydrogen) atoms. The molecule has 1 amide bonds. The Morgan fingerprint density at radius 2 is 2.14 bits per heavy atom. The van der Waals surface area contributed by atoms with Gasteiger partial charge in [-0.25, -0.2) is 0 Å². The molecule has 0 aromatic heterocycles. The van der Waals surface area contributed by atoms with Gasteiger partial charge >= 0.3 is 5.97 Å². The van der Waals surface area contributed by atoms with Gasteiger partial charge in [0, 0.05) is 6.54 Å². The summed E-state index contributed by atoms with van der Waals surface area (Å²) in [6.45, 7) is 1.05. The number of carboxylic acids is 1. The molecule has 4 atom stereocenters. The van der Waals surface area contributed by atoms with Crippen molar-refractivity contribution in [2.45, 2.75) is 18.1 Å². The highest BCUT2D eigenvalue weighted by Gasteiger charge is 2.66. The van der Waals surface area contributed by atoms with E-state index in [-0.39, 0.29) is 5.91 Å². The van der Waals surface area contributed by atoms with E-state index in [1.54, 1.807) is 11.0 Å². The van der Waals surface area contributed by atoms with Gasteiger partial charge in [0.15, 0.2) is 0 Å². The summed E-state index contributed by atoms with van der Waals surface area (Å²) < 4.78 is 5.86. The molecule has 2 fully saturated rings. The Hall–Kier alpha value is -2.14. The van der Waals surface area contributed by atoms with Gasteiger partial charge in [0.05, 0.1) is 18.6 Å². The molecule has 3 heterocycles. The van der Waals surface area contributed by atoms with Gasteiger partial charge in [-0.3, -0.25) is 9.59 Å². The Morgan fingerprint density at radius 3 is 2.86 bits per heavy atom. The zero-order valence-corrected chi connectivity index (χ0v) is 12.0. The molecule has 5 heteroatoms. The van der Waals surface area contributed by atoms with Crippen LogP contribution in [0.1, 0.15) is 5.56 Å². The molecule has 3 aliphatic heterocycles. The first-order chi connectivity index (χ1) is 10.6. The van der Waals surface area contributed by atoms with Crippen molar-refractivity contribution >= 4 is 11.9 Å². The molecule has 0 unspecified atom stereocenters. The van der Waals surface area contributed by atoms with Crippen LogP contribution in [-0.2, 0) is 20.7 Å². The van der Waals surface area contributed by atoms with Crippen LogP contribution >= 0.6 is 0 Å². The molecule has 1 aromatic rings. The number of benzene rings is 1. The summed E-state index contributed by atoms with van der Waals surface area (Å²) in [6, 6.07) is 9.97. The summed E-state index contributed by atoms with van der Waals surface area (Å²) in [4.78, 5) is 25.9. The van der Waals surface area contributed by atoms with E-state index in [9.17, 15) is 14.7 Å². The second-order valence-electron chi connectivity index (χ2n) is 6.23. The molecule has 5 nitrogen and oxygen atoms in total. The third-order valence-electron chi connectivity index (χ3n) is 4.98. The lowest BCUT2D eigenvalue weighted by atomic mass is 9.77. The number of carboxylic acid groups (broad SMARTS) is 1. The minimum absolute atomic E-state index is 0.0878. The van der Waals surface area contributed by atoms with Crippen molar-refractivity contribution in [1.82, 2.24) is 4.90 Å². The number of aliphatic carboxylic acids is 1. The van der Waals surface area contributed by atoms with Gasteiger partial charge in [-0.15, -0.1) is 0 Å². The third kappa shape index (κ3) is 1.82. The van der Waals surface area contributed by atoms with E-state index >= 15 is 0 Å². The van der Waals surface area contributed by atoms with E-state index in [4.69, 9.17) is 4.74 Å². The minimum atomic E-state index is -0.945. The summed E-state index contributed by atoms with van der Waals surface area (Å²) in [5.41, 5.74) is 0.446. The number of likely N-dealkylation sites (tertiary alicyclic amines) is 1. The van der Waals surface area contributed by atoms with E-state index < -0.39 is 29.5 Å². The summed E-state index contributed by atoms with van der Waals surface area (Å²) in [7, 11) is 0. The van der Waals surface area contributed by atoms with E-state index in [1.807, 2.05) is 36.4 Å². The molecule has 4 rings (SSSR count). The van der Waals surface area contributed by atoms with E-state index in [1.165, 1.54) is 5.56 Å². The number of rotatable bonds is 4. The Kier molecular flexibility index (Phi) is 2.87. The van der Waals surface area contributed by atoms with Crippen LogP contribution in [-0.4, -0.2) is 46.7 Å². The number of carbonyl (C=O) groups is 2. The number of ether oxygens (including phenoxy) is 1. The molecule has 0 saturated carbocycles. The second-order valence-corrected chi connectivity index (χ2v) is 6.23. The van der Waals surface area contributed by atoms with Gasteiger partial charge in [-0.05, 0) is 12.0 Å². The van der Waals surface area contributed by atoms with Gasteiger partial charge < -0.3 is 14.7 Å². The maximum atomic E-state index is 12.7. The quantitative estimate of drug-likeness (QED) is 0.845. The van der Waals surface area contributed by atoms with Crippen LogP contribution in [0.3, 0.4) is 0 Å². The average Bonchev–Trinajstić information content (AvgIpc) is 3.14. The molecule has 3 aliphatic rings. The smallest absolute Gasteiger partial charge is 0.310 e. The lowest BCUT2D eigenvalue weighted by Gasteiger charge is -2.21. The minimum Gasteiger partial charge on any atom is -0.481 e. The third-order valence-corrected chi connectivity index (χ3v) is 4.98.